The van der Waals surface area contributed by atoms with Crippen molar-refractivity contribution in [2.24, 2.45) is 0 Å². The number of benzene rings is 2. The number of aryl methyl sites for hydroxylation is 1. The summed E-state index contributed by atoms with van der Waals surface area (Å²) in [6.45, 7) is 0.689. The molecule has 1 N–H and O–H groups in total. The van der Waals surface area contributed by atoms with E-state index < -0.39 is 5.60 Å². The van der Waals surface area contributed by atoms with Crippen molar-refractivity contribution in [1.29, 1.82) is 0 Å². The molecule has 3 rings (SSSR count). The standard InChI is InChI=1S/C22H22N2O.ClH/c25-22(15-17-24-18-16-23-19-24,13-11-20-7-3-1-4-8-20)14-12-21-9-5-2-6-10-21;/h1-14,16,18-19,25H,15,17H2;1H/b13-11-,14-12+;. The summed E-state index contributed by atoms with van der Waals surface area (Å²) in [6.07, 6.45) is 13.6. The zero-order chi connectivity index (χ0) is 17.4. The molecular weight excluding hydrogens is 344 g/mol. The maximum Gasteiger partial charge on any atom is 0.103 e. The third kappa shape index (κ3) is 6.03. The van der Waals surface area contributed by atoms with Gasteiger partial charge in [0.25, 0.3) is 0 Å². The van der Waals surface area contributed by atoms with Crippen LogP contribution in [0.4, 0.5) is 0 Å². The van der Waals surface area contributed by atoms with Crippen molar-refractivity contribution in [3.63, 3.8) is 0 Å². The van der Waals surface area contributed by atoms with Crippen LogP contribution in [0.3, 0.4) is 0 Å². The van der Waals surface area contributed by atoms with Gasteiger partial charge in [0.05, 0.1) is 6.33 Å². The van der Waals surface area contributed by atoms with E-state index in [2.05, 4.69) is 4.98 Å². The van der Waals surface area contributed by atoms with Crippen LogP contribution in [-0.4, -0.2) is 20.3 Å². The van der Waals surface area contributed by atoms with E-state index in [1.54, 1.807) is 12.5 Å². The highest BCUT2D eigenvalue weighted by Crippen LogP contribution is 2.20. The van der Waals surface area contributed by atoms with Gasteiger partial charge in [0.15, 0.2) is 0 Å². The Hall–Kier alpha value is -2.62. The van der Waals surface area contributed by atoms with Crippen molar-refractivity contribution in [2.75, 3.05) is 0 Å². The Balaban J connectivity index is 0.00000243. The first-order valence-corrected chi connectivity index (χ1v) is 8.40. The molecule has 1 heterocycles. The van der Waals surface area contributed by atoms with Gasteiger partial charge >= 0.3 is 0 Å². The Morgan fingerprint density at radius 3 is 1.88 bits per heavy atom. The van der Waals surface area contributed by atoms with E-state index in [9.17, 15) is 5.11 Å². The Bertz CT molecular complexity index is 762. The summed E-state index contributed by atoms with van der Waals surface area (Å²) < 4.78 is 1.97. The van der Waals surface area contributed by atoms with Crippen LogP contribution in [-0.2, 0) is 6.54 Å². The third-order valence-corrected chi connectivity index (χ3v) is 4.06. The second kappa shape index (κ2) is 9.76. The van der Waals surface area contributed by atoms with Gasteiger partial charge in [0, 0.05) is 25.4 Å². The van der Waals surface area contributed by atoms with E-state index in [1.165, 1.54) is 0 Å². The van der Waals surface area contributed by atoms with E-state index in [1.807, 2.05) is 95.7 Å². The van der Waals surface area contributed by atoms with E-state index >= 15 is 0 Å². The fourth-order valence-corrected chi connectivity index (χ4v) is 2.56. The van der Waals surface area contributed by atoms with Gasteiger partial charge in [-0.3, -0.25) is 0 Å². The minimum absolute atomic E-state index is 0. The van der Waals surface area contributed by atoms with E-state index in [4.69, 9.17) is 0 Å². The molecule has 0 aliphatic heterocycles. The van der Waals surface area contributed by atoms with Gasteiger partial charge in [-0.15, -0.1) is 12.4 Å². The van der Waals surface area contributed by atoms with Crippen LogP contribution in [0.15, 0.2) is 91.5 Å². The van der Waals surface area contributed by atoms with Gasteiger partial charge in [-0.05, 0) is 23.3 Å². The Kier molecular flexibility index (Phi) is 7.39. The van der Waals surface area contributed by atoms with Gasteiger partial charge in [-0.2, -0.15) is 0 Å². The SMILES string of the molecule is Cl.OC(/C=C\c1ccccc1)(/C=C/c1ccccc1)CCn1ccnc1. The lowest BCUT2D eigenvalue weighted by Crippen LogP contribution is -2.24. The fraction of sp³-hybridized carbons (Fsp3) is 0.136. The van der Waals surface area contributed by atoms with Crippen LogP contribution in [0.25, 0.3) is 12.2 Å². The minimum atomic E-state index is -1.03. The largest absolute Gasteiger partial charge is 0.382 e. The van der Waals surface area contributed by atoms with Crippen LogP contribution in [0.1, 0.15) is 17.5 Å². The zero-order valence-corrected chi connectivity index (χ0v) is 15.3. The zero-order valence-electron chi connectivity index (χ0n) is 14.5. The first-order chi connectivity index (χ1) is 12.2. The molecule has 0 saturated heterocycles. The molecule has 0 radical (unpaired) electrons. The maximum absolute atomic E-state index is 11.1. The fourth-order valence-electron chi connectivity index (χ4n) is 2.56. The number of hydrogen-bond donors (Lipinski definition) is 1. The second-order valence-corrected chi connectivity index (χ2v) is 6.03. The molecule has 0 spiro atoms. The number of aliphatic hydroxyl groups is 1. The molecule has 26 heavy (non-hydrogen) atoms. The monoisotopic (exact) mass is 366 g/mol. The lowest BCUT2D eigenvalue weighted by Gasteiger charge is -2.21. The Labute approximate surface area is 160 Å². The van der Waals surface area contributed by atoms with Crippen LogP contribution in [0.5, 0.6) is 0 Å². The summed E-state index contributed by atoms with van der Waals surface area (Å²) in [6, 6.07) is 20.0. The summed E-state index contributed by atoms with van der Waals surface area (Å²) in [5.41, 5.74) is 1.10. The number of rotatable bonds is 7. The quantitative estimate of drug-likeness (QED) is 0.648. The summed E-state index contributed by atoms with van der Waals surface area (Å²) in [5, 5.41) is 11.1. The second-order valence-electron chi connectivity index (χ2n) is 6.03. The highest BCUT2D eigenvalue weighted by molar-refractivity contribution is 5.85. The van der Waals surface area contributed by atoms with Crippen LogP contribution in [0, 0.1) is 0 Å². The van der Waals surface area contributed by atoms with Crippen molar-refractivity contribution in [2.45, 2.75) is 18.6 Å². The molecule has 134 valence electrons. The number of aromatic nitrogens is 2. The normalized spacial score (nSPS) is 13.6. The number of nitrogens with zero attached hydrogens (tertiary/aromatic N) is 2. The number of hydrogen-bond acceptors (Lipinski definition) is 2. The topological polar surface area (TPSA) is 38.0 Å². The molecule has 0 bridgehead atoms. The van der Waals surface area contributed by atoms with E-state index in [-0.39, 0.29) is 12.4 Å². The average molecular weight is 367 g/mol. The molecule has 0 aliphatic carbocycles. The maximum atomic E-state index is 11.1. The van der Waals surface area contributed by atoms with E-state index in [0.717, 1.165) is 11.1 Å². The summed E-state index contributed by atoms with van der Waals surface area (Å²) in [7, 11) is 0. The van der Waals surface area contributed by atoms with Gasteiger partial charge < -0.3 is 9.67 Å². The molecule has 4 heteroatoms. The molecule has 1 atom stereocenters. The number of halogens is 1. The van der Waals surface area contributed by atoms with Gasteiger partial charge in [0.2, 0.25) is 0 Å². The van der Waals surface area contributed by atoms with Crippen LogP contribution in [0.2, 0.25) is 0 Å². The molecule has 3 aromatic rings. The average Bonchev–Trinajstić information content (AvgIpc) is 3.19. The Morgan fingerprint density at radius 2 is 1.42 bits per heavy atom. The van der Waals surface area contributed by atoms with Crippen molar-refractivity contribution in [3.8, 4) is 0 Å². The number of imidazole rings is 1. The Morgan fingerprint density at radius 1 is 0.885 bits per heavy atom. The molecular formula is C22H23ClN2O. The first kappa shape index (κ1) is 19.7. The summed E-state index contributed by atoms with van der Waals surface area (Å²) in [4.78, 5) is 4.06. The van der Waals surface area contributed by atoms with Gasteiger partial charge in [-0.25, -0.2) is 4.98 Å². The van der Waals surface area contributed by atoms with Crippen LogP contribution >= 0.6 is 12.4 Å². The highest BCUT2D eigenvalue weighted by Gasteiger charge is 2.19. The lowest BCUT2D eigenvalue weighted by molar-refractivity contribution is 0.128. The highest BCUT2D eigenvalue weighted by atomic mass is 35.5. The van der Waals surface area contributed by atoms with Gasteiger partial charge in [-0.1, -0.05) is 72.8 Å². The van der Waals surface area contributed by atoms with Gasteiger partial charge in [0.1, 0.15) is 5.60 Å². The molecule has 0 fully saturated rings. The van der Waals surface area contributed by atoms with Crippen molar-refractivity contribution in [1.82, 2.24) is 9.55 Å². The van der Waals surface area contributed by atoms with Crippen molar-refractivity contribution < 1.29 is 5.11 Å². The summed E-state index contributed by atoms with van der Waals surface area (Å²) >= 11 is 0. The molecule has 0 amide bonds. The smallest absolute Gasteiger partial charge is 0.103 e. The first-order valence-electron chi connectivity index (χ1n) is 8.40. The van der Waals surface area contributed by atoms with E-state index in [0.29, 0.717) is 13.0 Å². The van der Waals surface area contributed by atoms with Crippen molar-refractivity contribution in [3.05, 3.63) is 103 Å². The molecule has 1 aromatic heterocycles. The molecule has 0 saturated carbocycles. The predicted molar refractivity (Wildman–Crippen MR) is 110 cm³/mol. The summed E-state index contributed by atoms with van der Waals surface area (Å²) in [5.74, 6) is 0. The predicted octanol–water partition coefficient (Wildman–Crippen LogP) is 4.85. The molecule has 0 aliphatic rings. The van der Waals surface area contributed by atoms with Crippen molar-refractivity contribution >= 4 is 24.6 Å². The minimum Gasteiger partial charge on any atom is -0.382 e. The lowest BCUT2D eigenvalue weighted by atomic mass is 9.96. The van der Waals surface area contributed by atoms with Crippen LogP contribution < -0.4 is 0 Å². The molecule has 3 nitrogen and oxygen atoms in total. The molecule has 2 aromatic carbocycles. The third-order valence-electron chi connectivity index (χ3n) is 4.06. The molecule has 1 unspecified atom stereocenters.